The minimum atomic E-state index is -5.15. The van der Waals surface area contributed by atoms with Gasteiger partial charge in [-0.25, -0.2) is 9.78 Å². The molecular weight excluding hydrogens is 335 g/mol. The Morgan fingerprint density at radius 3 is 2.43 bits per heavy atom. The number of thiazole rings is 1. The molecule has 0 aliphatic carbocycles. The quantitative estimate of drug-likeness (QED) is 0.655. The summed E-state index contributed by atoms with van der Waals surface area (Å²) in [6, 6.07) is 6.67. The van der Waals surface area contributed by atoms with E-state index in [9.17, 15) is 22.8 Å². The van der Waals surface area contributed by atoms with Crippen molar-refractivity contribution in [2.45, 2.75) is 18.8 Å². The second kappa shape index (κ2) is 6.03. The number of carbonyl (C=O) groups is 2. The second-order valence-corrected chi connectivity index (χ2v) is 5.56. The van der Waals surface area contributed by atoms with Crippen molar-refractivity contribution in [2.75, 3.05) is 12.4 Å². The molecule has 1 aromatic heterocycles. The summed E-state index contributed by atoms with van der Waals surface area (Å²) in [4.78, 5) is 27.0. The molecule has 10 heteroatoms. The summed E-state index contributed by atoms with van der Waals surface area (Å²) in [5.41, 5.74) is -2.95. The molecule has 23 heavy (non-hydrogen) atoms. The number of para-hydroxylation sites is 1. The normalized spacial score (nSPS) is 14.1. The Bertz CT molecular complexity index is 714. The Hall–Kier alpha value is -2.36. The summed E-state index contributed by atoms with van der Waals surface area (Å²) < 4.78 is 45.4. The molecule has 0 unspecified atom stereocenters. The number of rotatable bonds is 4. The Morgan fingerprint density at radius 1 is 1.26 bits per heavy atom. The van der Waals surface area contributed by atoms with Crippen LogP contribution in [-0.4, -0.2) is 35.8 Å². The van der Waals surface area contributed by atoms with Crippen molar-refractivity contribution in [3.63, 3.8) is 0 Å². The van der Waals surface area contributed by atoms with Crippen molar-refractivity contribution in [3.05, 3.63) is 24.3 Å². The maximum atomic E-state index is 13.5. The highest BCUT2D eigenvalue weighted by Gasteiger charge is 2.63. The van der Waals surface area contributed by atoms with Crippen LogP contribution in [0.2, 0.25) is 0 Å². The number of nitrogens with one attached hydrogen (secondary N) is 2. The van der Waals surface area contributed by atoms with E-state index in [1.54, 1.807) is 29.6 Å². The molecule has 0 aliphatic heterocycles. The van der Waals surface area contributed by atoms with E-state index in [-0.39, 0.29) is 5.13 Å². The Morgan fingerprint density at radius 2 is 1.91 bits per heavy atom. The van der Waals surface area contributed by atoms with Gasteiger partial charge in [-0.15, -0.1) is 0 Å². The van der Waals surface area contributed by atoms with Crippen molar-refractivity contribution in [1.29, 1.82) is 0 Å². The van der Waals surface area contributed by atoms with E-state index in [1.807, 2.05) is 5.32 Å². The van der Waals surface area contributed by atoms with Gasteiger partial charge in [-0.1, -0.05) is 23.5 Å². The average Bonchev–Trinajstić information content (AvgIpc) is 2.85. The second-order valence-electron chi connectivity index (χ2n) is 4.53. The van der Waals surface area contributed by atoms with E-state index >= 15 is 0 Å². The number of carbonyl (C=O) groups excluding carboxylic acids is 2. The van der Waals surface area contributed by atoms with Crippen molar-refractivity contribution in [2.24, 2.45) is 0 Å². The van der Waals surface area contributed by atoms with Crippen LogP contribution in [-0.2, 0) is 14.3 Å². The van der Waals surface area contributed by atoms with Crippen molar-refractivity contribution < 1.29 is 27.5 Å². The van der Waals surface area contributed by atoms with Crippen molar-refractivity contribution in [3.8, 4) is 0 Å². The van der Waals surface area contributed by atoms with E-state index < -0.39 is 23.7 Å². The number of nitrogens with zero attached hydrogens (tertiary/aromatic N) is 1. The molecule has 124 valence electrons. The maximum absolute atomic E-state index is 13.5. The number of hydrogen-bond donors (Lipinski definition) is 2. The number of anilines is 1. The third-order valence-electron chi connectivity index (χ3n) is 2.87. The summed E-state index contributed by atoms with van der Waals surface area (Å²) in [7, 11) is 0.796. The lowest BCUT2D eigenvalue weighted by atomic mass is 10.1. The van der Waals surface area contributed by atoms with Gasteiger partial charge in [0.2, 0.25) is 5.91 Å². The molecule has 2 N–H and O–H groups in total. The van der Waals surface area contributed by atoms with E-state index in [0.717, 1.165) is 25.4 Å². The summed E-state index contributed by atoms with van der Waals surface area (Å²) >= 11 is 0.914. The number of methoxy groups -OCH3 is 1. The summed E-state index contributed by atoms with van der Waals surface area (Å²) in [6.07, 6.45) is -5.15. The van der Waals surface area contributed by atoms with Gasteiger partial charge >= 0.3 is 17.8 Å². The minimum absolute atomic E-state index is 0.178. The van der Waals surface area contributed by atoms with Crippen LogP contribution in [0.3, 0.4) is 0 Å². The number of amides is 1. The molecule has 1 amide bonds. The lowest BCUT2D eigenvalue weighted by Crippen LogP contribution is -2.69. The SMILES string of the molecule is COC(=O)[C@](NC(C)=O)(Nc1nc2ccccc2s1)C(F)(F)F. The number of esters is 1. The Balaban J connectivity index is 2.51. The molecule has 0 fully saturated rings. The number of hydrogen-bond acceptors (Lipinski definition) is 6. The van der Waals surface area contributed by atoms with Gasteiger partial charge < -0.3 is 15.4 Å². The highest BCUT2D eigenvalue weighted by molar-refractivity contribution is 7.22. The van der Waals surface area contributed by atoms with Gasteiger partial charge in [-0.05, 0) is 12.1 Å². The molecule has 2 aromatic rings. The van der Waals surface area contributed by atoms with E-state index in [0.29, 0.717) is 10.2 Å². The van der Waals surface area contributed by atoms with Gasteiger partial charge in [0.25, 0.3) is 0 Å². The molecule has 0 saturated carbocycles. The molecular formula is C13H12F3N3O3S. The first-order valence-corrected chi connectivity index (χ1v) is 7.09. The van der Waals surface area contributed by atoms with Crippen LogP contribution < -0.4 is 10.6 Å². The lowest BCUT2D eigenvalue weighted by Gasteiger charge is -2.33. The molecule has 1 atom stereocenters. The highest BCUT2D eigenvalue weighted by Crippen LogP contribution is 2.35. The fourth-order valence-corrected chi connectivity index (χ4v) is 2.82. The number of benzene rings is 1. The van der Waals surface area contributed by atoms with Gasteiger partial charge in [0, 0.05) is 6.92 Å². The zero-order valence-electron chi connectivity index (χ0n) is 12.0. The van der Waals surface area contributed by atoms with E-state index in [2.05, 4.69) is 9.72 Å². The van der Waals surface area contributed by atoms with Crippen LogP contribution in [0.15, 0.2) is 24.3 Å². The van der Waals surface area contributed by atoms with Crippen molar-refractivity contribution in [1.82, 2.24) is 10.3 Å². The summed E-state index contributed by atoms with van der Waals surface area (Å²) in [5.74, 6) is -2.75. The first-order chi connectivity index (χ1) is 10.7. The minimum Gasteiger partial charge on any atom is -0.466 e. The fourth-order valence-electron chi connectivity index (χ4n) is 1.89. The third kappa shape index (κ3) is 3.21. The maximum Gasteiger partial charge on any atom is 0.442 e. The van der Waals surface area contributed by atoms with E-state index in [4.69, 9.17) is 0 Å². The standard InChI is InChI=1S/C13H12F3N3O3S/c1-7(20)18-12(10(21)22-2,13(14,15)16)19-11-17-8-5-3-4-6-9(8)23-11/h3-6H,1-2H3,(H,17,19)(H,18,20)/t12-/m0/s1. The lowest BCUT2D eigenvalue weighted by molar-refractivity contribution is -0.206. The topological polar surface area (TPSA) is 80.3 Å². The van der Waals surface area contributed by atoms with Crippen LogP contribution in [0.4, 0.5) is 18.3 Å². The Kier molecular flexibility index (Phi) is 4.46. The predicted molar refractivity (Wildman–Crippen MR) is 77.9 cm³/mol. The number of halogens is 3. The van der Waals surface area contributed by atoms with Gasteiger partial charge in [0.05, 0.1) is 17.3 Å². The van der Waals surface area contributed by atoms with Gasteiger partial charge in [-0.3, -0.25) is 4.79 Å². The number of fused-ring (bicyclic) bond motifs is 1. The Labute approximate surface area is 132 Å². The summed E-state index contributed by atoms with van der Waals surface area (Å²) in [6.45, 7) is 0.865. The average molecular weight is 347 g/mol. The third-order valence-corrected chi connectivity index (χ3v) is 3.82. The fraction of sp³-hybridized carbons (Fsp3) is 0.308. The molecule has 1 heterocycles. The first kappa shape index (κ1) is 17.0. The van der Waals surface area contributed by atoms with E-state index in [1.165, 1.54) is 0 Å². The molecule has 0 bridgehead atoms. The smallest absolute Gasteiger partial charge is 0.442 e. The molecule has 0 spiro atoms. The first-order valence-electron chi connectivity index (χ1n) is 6.27. The predicted octanol–water partition coefficient (Wildman–Crippen LogP) is 2.28. The molecule has 6 nitrogen and oxygen atoms in total. The largest absolute Gasteiger partial charge is 0.466 e. The molecule has 0 aliphatic rings. The number of alkyl halides is 3. The van der Waals surface area contributed by atoms with Gasteiger partial charge in [0.15, 0.2) is 5.13 Å². The number of ether oxygens (including phenoxy) is 1. The zero-order valence-corrected chi connectivity index (χ0v) is 12.8. The van der Waals surface area contributed by atoms with Gasteiger partial charge in [-0.2, -0.15) is 13.2 Å². The molecule has 0 radical (unpaired) electrons. The van der Waals surface area contributed by atoms with Gasteiger partial charge in [0.1, 0.15) is 0 Å². The molecule has 2 rings (SSSR count). The highest BCUT2D eigenvalue weighted by atomic mass is 32.1. The van der Waals surface area contributed by atoms with Crippen LogP contribution in [0.1, 0.15) is 6.92 Å². The summed E-state index contributed by atoms with van der Waals surface area (Å²) in [5, 5.41) is 3.40. The van der Waals surface area contributed by atoms with Crippen LogP contribution >= 0.6 is 11.3 Å². The monoisotopic (exact) mass is 347 g/mol. The molecule has 1 aromatic carbocycles. The van der Waals surface area contributed by atoms with Crippen LogP contribution in [0.25, 0.3) is 10.2 Å². The zero-order chi connectivity index (χ0) is 17.3. The number of aromatic nitrogens is 1. The molecule has 0 saturated heterocycles. The van der Waals surface area contributed by atoms with Crippen LogP contribution in [0.5, 0.6) is 0 Å². The van der Waals surface area contributed by atoms with Crippen LogP contribution in [0, 0.1) is 0 Å². The van der Waals surface area contributed by atoms with Crippen molar-refractivity contribution >= 4 is 38.6 Å².